The average molecular weight is 475 g/mol. The van der Waals surface area contributed by atoms with E-state index < -0.39 is 0 Å². The minimum atomic E-state index is 0.620. The largest absolute Gasteiger partial charge is 0.493 e. The van der Waals surface area contributed by atoms with Crippen LogP contribution in [-0.2, 0) is 6.42 Å². The van der Waals surface area contributed by atoms with Crippen LogP contribution < -0.4 is 4.74 Å². The number of aryl methyl sites for hydroxylation is 1. The second-order valence-corrected chi connectivity index (χ2v) is 10.4. The highest BCUT2D eigenvalue weighted by Gasteiger charge is 2.15. The maximum Gasteiger partial charge on any atom is 0.159 e. The Morgan fingerprint density at radius 3 is 2.31 bits per heavy atom. The zero-order valence-corrected chi connectivity index (χ0v) is 22.4. The Balaban J connectivity index is 1.37. The summed E-state index contributed by atoms with van der Waals surface area (Å²) in [4.78, 5) is 9.23. The maximum absolute atomic E-state index is 6.11. The standard InChI is InChI=1S/C32H46N2O/c1-4-5-6-7-8-9-10-13-29-23-33-32(34-24-29)30-19-21-31(22-20-30)35-25-28-17-15-27(16-18-28)14-11-12-26(2)3/h12,15,19-24,28H,4-11,13-14,16-18,25H2,1-3H3. The van der Waals surface area contributed by atoms with Gasteiger partial charge in [0.05, 0.1) is 6.61 Å². The van der Waals surface area contributed by atoms with E-state index in [2.05, 4.69) is 67.2 Å². The summed E-state index contributed by atoms with van der Waals surface area (Å²) in [6, 6.07) is 8.24. The molecule has 1 aliphatic rings. The van der Waals surface area contributed by atoms with E-state index in [0.29, 0.717) is 5.92 Å². The maximum atomic E-state index is 6.11. The molecule has 0 saturated carbocycles. The lowest BCUT2D eigenvalue weighted by Gasteiger charge is -2.22. The lowest BCUT2D eigenvalue weighted by Crippen LogP contribution is -2.14. The van der Waals surface area contributed by atoms with Crippen LogP contribution in [0.5, 0.6) is 5.75 Å². The van der Waals surface area contributed by atoms with Crippen LogP contribution in [0.4, 0.5) is 0 Å². The molecule has 2 aromatic rings. The molecule has 0 spiro atoms. The topological polar surface area (TPSA) is 35.0 Å². The van der Waals surface area contributed by atoms with E-state index in [9.17, 15) is 0 Å². The van der Waals surface area contributed by atoms with E-state index in [1.165, 1.54) is 81.8 Å². The molecular formula is C32H46N2O. The number of allylic oxidation sites excluding steroid dienone is 4. The van der Waals surface area contributed by atoms with Crippen molar-refractivity contribution in [3.63, 3.8) is 0 Å². The summed E-state index contributed by atoms with van der Waals surface area (Å²) in [5, 5.41) is 0. The van der Waals surface area contributed by atoms with Crippen molar-refractivity contribution in [2.75, 3.05) is 6.61 Å². The summed E-state index contributed by atoms with van der Waals surface area (Å²) in [5.74, 6) is 2.34. The normalized spacial score (nSPS) is 15.5. The Morgan fingerprint density at radius 1 is 0.943 bits per heavy atom. The zero-order chi connectivity index (χ0) is 24.7. The molecule has 0 aliphatic heterocycles. The molecule has 1 atom stereocenters. The second kappa shape index (κ2) is 15.5. The summed E-state index contributed by atoms with van der Waals surface area (Å²) in [6.07, 6.45) is 25.2. The van der Waals surface area contributed by atoms with Crippen molar-refractivity contribution < 1.29 is 4.74 Å². The van der Waals surface area contributed by atoms with E-state index in [4.69, 9.17) is 4.74 Å². The number of ether oxygens (including phenoxy) is 1. The van der Waals surface area contributed by atoms with Gasteiger partial charge in [0.25, 0.3) is 0 Å². The van der Waals surface area contributed by atoms with Crippen molar-refractivity contribution >= 4 is 0 Å². The fraction of sp³-hybridized carbons (Fsp3) is 0.562. The van der Waals surface area contributed by atoms with Crippen molar-refractivity contribution in [1.82, 2.24) is 9.97 Å². The Kier molecular flexibility index (Phi) is 12.1. The molecule has 3 rings (SSSR count). The summed E-state index contributed by atoms with van der Waals surface area (Å²) in [7, 11) is 0. The molecule has 0 radical (unpaired) electrons. The molecule has 35 heavy (non-hydrogen) atoms. The van der Waals surface area contributed by atoms with Crippen LogP contribution in [0.2, 0.25) is 0 Å². The van der Waals surface area contributed by atoms with Gasteiger partial charge in [0.1, 0.15) is 5.75 Å². The van der Waals surface area contributed by atoms with Crippen molar-refractivity contribution in [1.29, 1.82) is 0 Å². The third kappa shape index (κ3) is 10.4. The zero-order valence-electron chi connectivity index (χ0n) is 22.4. The summed E-state index contributed by atoms with van der Waals surface area (Å²) in [5.41, 5.74) is 5.32. The van der Waals surface area contributed by atoms with Crippen LogP contribution in [-0.4, -0.2) is 16.6 Å². The molecule has 3 nitrogen and oxygen atoms in total. The minimum Gasteiger partial charge on any atom is -0.493 e. The number of hydrogen-bond acceptors (Lipinski definition) is 3. The van der Waals surface area contributed by atoms with Crippen molar-refractivity contribution in [2.45, 2.75) is 104 Å². The molecule has 1 unspecified atom stereocenters. The van der Waals surface area contributed by atoms with Crippen LogP contribution in [0.15, 0.2) is 60.0 Å². The third-order valence-electron chi connectivity index (χ3n) is 7.00. The third-order valence-corrected chi connectivity index (χ3v) is 7.00. The van der Waals surface area contributed by atoms with E-state index in [1.54, 1.807) is 5.57 Å². The van der Waals surface area contributed by atoms with Gasteiger partial charge in [0.2, 0.25) is 0 Å². The van der Waals surface area contributed by atoms with Gasteiger partial charge in [-0.3, -0.25) is 0 Å². The van der Waals surface area contributed by atoms with E-state index >= 15 is 0 Å². The lowest BCUT2D eigenvalue weighted by atomic mass is 9.88. The Morgan fingerprint density at radius 2 is 1.66 bits per heavy atom. The highest BCUT2D eigenvalue weighted by Crippen LogP contribution is 2.28. The van der Waals surface area contributed by atoms with Crippen LogP contribution in [0, 0.1) is 5.92 Å². The van der Waals surface area contributed by atoms with E-state index in [1.807, 2.05) is 12.4 Å². The van der Waals surface area contributed by atoms with Gasteiger partial charge in [-0.25, -0.2) is 9.97 Å². The van der Waals surface area contributed by atoms with Crippen molar-refractivity contribution in [3.05, 3.63) is 65.5 Å². The first-order chi connectivity index (χ1) is 17.1. The van der Waals surface area contributed by atoms with Gasteiger partial charge in [-0.05, 0) is 94.5 Å². The summed E-state index contributed by atoms with van der Waals surface area (Å²) >= 11 is 0. The van der Waals surface area contributed by atoms with Gasteiger partial charge in [-0.2, -0.15) is 0 Å². The smallest absolute Gasteiger partial charge is 0.159 e. The second-order valence-electron chi connectivity index (χ2n) is 10.4. The quantitative estimate of drug-likeness (QED) is 0.190. The van der Waals surface area contributed by atoms with Crippen molar-refractivity contribution in [3.8, 4) is 17.1 Å². The van der Waals surface area contributed by atoms with Crippen LogP contribution in [0.1, 0.15) is 103 Å². The first-order valence-corrected chi connectivity index (χ1v) is 14.0. The monoisotopic (exact) mass is 474 g/mol. The van der Waals surface area contributed by atoms with Gasteiger partial charge in [-0.1, -0.05) is 68.7 Å². The SMILES string of the molecule is CCCCCCCCCc1cnc(-c2ccc(OCC3CC=C(CCC=C(C)C)CC3)cc2)nc1. The number of nitrogens with zero attached hydrogens (tertiary/aromatic N) is 2. The van der Waals surface area contributed by atoms with Gasteiger partial charge < -0.3 is 4.74 Å². The molecular weight excluding hydrogens is 428 g/mol. The molecule has 0 N–H and O–H groups in total. The molecule has 0 bridgehead atoms. The Labute approximate surface area is 214 Å². The van der Waals surface area contributed by atoms with Crippen LogP contribution in [0.3, 0.4) is 0 Å². The highest BCUT2D eigenvalue weighted by atomic mass is 16.5. The number of benzene rings is 1. The Hall–Kier alpha value is -2.42. The molecule has 190 valence electrons. The van der Waals surface area contributed by atoms with Gasteiger partial charge in [-0.15, -0.1) is 0 Å². The molecule has 0 saturated heterocycles. The molecule has 3 heteroatoms. The molecule has 0 amide bonds. The average Bonchev–Trinajstić information content (AvgIpc) is 2.88. The van der Waals surface area contributed by atoms with Crippen molar-refractivity contribution in [2.24, 2.45) is 5.92 Å². The fourth-order valence-corrected chi connectivity index (χ4v) is 4.70. The lowest BCUT2D eigenvalue weighted by molar-refractivity contribution is 0.237. The summed E-state index contributed by atoms with van der Waals surface area (Å²) in [6.45, 7) is 7.42. The fourth-order valence-electron chi connectivity index (χ4n) is 4.70. The van der Waals surface area contributed by atoms with Gasteiger partial charge in [0.15, 0.2) is 5.82 Å². The van der Waals surface area contributed by atoms with E-state index in [0.717, 1.165) is 36.6 Å². The number of hydrogen-bond donors (Lipinski definition) is 0. The van der Waals surface area contributed by atoms with E-state index in [-0.39, 0.29) is 0 Å². The first-order valence-electron chi connectivity index (χ1n) is 14.0. The predicted molar refractivity (Wildman–Crippen MR) is 149 cm³/mol. The van der Waals surface area contributed by atoms with Gasteiger partial charge >= 0.3 is 0 Å². The first kappa shape index (κ1) is 27.2. The molecule has 1 heterocycles. The van der Waals surface area contributed by atoms with Gasteiger partial charge in [0, 0.05) is 18.0 Å². The molecule has 1 aromatic heterocycles. The molecule has 1 aromatic carbocycles. The number of unbranched alkanes of at least 4 members (excludes halogenated alkanes) is 6. The molecule has 0 fully saturated rings. The van der Waals surface area contributed by atoms with Crippen LogP contribution >= 0.6 is 0 Å². The molecule has 1 aliphatic carbocycles. The highest BCUT2D eigenvalue weighted by molar-refractivity contribution is 5.55. The Bertz CT molecular complexity index is 908. The summed E-state index contributed by atoms with van der Waals surface area (Å²) < 4.78 is 6.11. The van der Waals surface area contributed by atoms with Crippen LogP contribution in [0.25, 0.3) is 11.4 Å². The minimum absolute atomic E-state index is 0.620. The number of aromatic nitrogens is 2. The number of rotatable bonds is 15. The predicted octanol–water partition coefficient (Wildman–Crippen LogP) is 9.29.